The summed E-state index contributed by atoms with van der Waals surface area (Å²) >= 11 is 1.37. The fraction of sp³-hybridized carbons (Fsp3) is 0.647. The Morgan fingerprint density at radius 2 is 1.96 bits per heavy atom. The molecule has 2 rings (SSSR count). The topological polar surface area (TPSA) is 66.8 Å². The number of aryl methyl sites for hydroxylation is 1. The zero-order valence-corrected chi connectivity index (χ0v) is 15.5. The largest absolute Gasteiger partial charge is 0.477 e. The number of rotatable bonds is 2. The Bertz CT molecular complexity index is 644. The molecule has 0 saturated heterocycles. The van der Waals surface area contributed by atoms with Crippen LogP contribution in [0.3, 0.4) is 0 Å². The Labute approximate surface area is 141 Å². The lowest BCUT2D eigenvalue weighted by Crippen LogP contribution is -2.52. The molecular formula is C17H25NO4S. The number of carboxylic acids is 1. The molecule has 1 aromatic heterocycles. The molecule has 0 bridgehead atoms. The molecular weight excluding hydrogens is 314 g/mol. The third kappa shape index (κ3) is 3.52. The van der Waals surface area contributed by atoms with Crippen LogP contribution in [0.15, 0.2) is 0 Å². The first-order valence-corrected chi connectivity index (χ1v) is 8.57. The molecule has 1 aliphatic rings. The molecule has 23 heavy (non-hydrogen) atoms. The van der Waals surface area contributed by atoms with Gasteiger partial charge in [-0.15, -0.1) is 11.3 Å². The molecule has 5 nitrogen and oxygen atoms in total. The van der Waals surface area contributed by atoms with Crippen LogP contribution in [0.1, 0.15) is 59.8 Å². The van der Waals surface area contributed by atoms with Crippen LogP contribution in [0.25, 0.3) is 0 Å². The van der Waals surface area contributed by atoms with Crippen LogP contribution in [0.4, 0.5) is 4.79 Å². The van der Waals surface area contributed by atoms with Crippen molar-refractivity contribution in [3.05, 3.63) is 20.9 Å². The van der Waals surface area contributed by atoms with Gasteiger partial charge in [0.15, 0.2) is 0 Å². The second-order valence-corrected chi connectivity index (χ2v) is 8.58. The van der Waals surface area contributed by atoms with E-state index in [0.717, 1.165) is 28.8 Å². The second-order valence-electron chi connectivity index (χ2n) is 7.48. The number of amides is 1. The van der Waals surface area contributed by atoms with E-state index in [1.807, 2.05) is 34.6 Å². The highest BCUT2D eigenvalue weighted by Gasteiger charge is 2.40. The van der Waals surface area contributed by atoms with Crippen molar-refractivity contribution in [1.29, 1.82) is 0 Å². The summed E-state index contributed by atoms with van der Waals surface area (Å²) in [5, 5.41) is 9.30. The highest BCUT2D eigenvalue weighted by atomic mass is 32.1. The zero-order chi connectivity index (χ0) is 17.6. The SMILES string of the molecule is Cc1c(C(=O)O)sc2c1CC(C)(N(C)C(=O)OC(C)(C)C)CC2. The number of fused-ring (bicyclic) bond motifs is 1. The molecule has 1 atom stereocenters. The average molecular weight is 339 g/mol. The first kappa shape index (κ1) is 17.8. The Kier molecular flexibility index (Phi) is 4.50. The van der Waals surface area contributed by atoms with E-state index >= 15 is 0 Å². The third-order valence-corrected chi connectivity index (χ3v) is 5.86. The standard InChI is InChI=1S/C17H25NO4S/c1-10-11-9-17(5,18(6)15(21)22-16(2,3)4)8-7-12(11)23-13(10)14(19)20/h7-9H2,1-6H3,(H,19,20). The molecule has 1 aromatic rings. The van der Waals surface area contributed by atoms with Gasteiger partial charge in [-0.3, -0.25) is 0 Å². The fourth-order valence-electron chi connectivity index (χ4n) is 2.93. The number of ether oxygens (including phenoxy) is 1. The molecule has 0 aromatic carbocycles. The lowest BCUT2D eigenvalue weighted by molar-refractivity contribution is 0.00556. The van der Waals surface area contributed by atoms with Crippen molar-refractivity contribution in [2.45, 2.75) is 65.0 Å². The number of thiophene rings is 1. The molecule has 128 valence electrons. The quantitative estimate of drug-likeness (QED) is 0.888. The molecule has 6 heteroatoms. The Balaban J connectivity index is 2.26. The molecule has 1 amide bonds. The summed E-state index contributed by atoms with van der Waals surface area (Å²) in [5.74, 6) is -0.871. The Morgan fingerprint density at radius 1 is 1.35 bits per heavy atom. The average Bonchev–Trinajstić information content (AvgIpc) is 2.73. The lowest BCUT2D eigenvalue weighted by Gasteiger charge is -2.42. The van der Waals surface area contributed by atoms with Crippen LogP contribution in [0.5, 0.6) is 0 Å². The van der Waals surface area contributed by atoms with Gasteiger partial charge in [-0.1, -0.05) is 0 Å². The minimum absolute atomic E-state index is 0.338. The van der Waals surface area contributed by atoms with Gasteiger partial charge in [-0.25, -0.2) is 9.59 Å². The van der Waals surface area contributed by atoms with Crippen molar-refractivity contribution in [3.63, 3.8) is 0 Å². The van der Waals surface area contributed by atoms with Crippen molar-refractivity contribution in [1.82, 2.24) is 4.90 Å². The summed E-state index contributed by atoms with van der Waals surface area (Å²) in [6.07, 6.45) is 1.91. The fourth-order valence-corrected chi connectivity index (χ4v) is 4.10. The summed E-state index contributed by atoms with van der Waals surface area (Å²) in [6.45, 7) is 9.45. The molecule has 0 spiro atoms. The van der Waals surface area contributed by atoms with Crippen LogP contribution in [0.2, 0.25) is 0 Å². The molecule has 0 saturated carbocycles. The predicted molar refractivity (Wildman–Crippen MR) is 90.4 cm³/mol. The van der Waals surface area contributed by atoms with Crippen LogP contribution in [0, 0.1) is 6.92 Å². The van der Waals surface area contributed by atoms with Gasteiger partial charge in [0, 0.05) is 17.5 Å². The van der Waals surface area contributed by atoms with Crippen LogP contribution >= 0.6 is 11.3 Å². The normalized spacial score (nSPS) is 20.8. The van der Waals surface area contributed by atoms with Gasteiger partial charge in [0.2, 0.25) is 0 Å². The van der Waals surface area contributed by atoms with Gasteiger partial charge >= 0.3 is 12.1 Å². The first-order valence-electron chi connectivity index (χ1n) is 7.76. The number of carbonyl (C=O) groups excluding carboxylic acids is 1. The molecule has 0 aliphatic heterocycles. The molecule has 1 N–H and O–H groups in total. The number of likely N-dealkylation sites (N-methyl/N-ethyl adjacent to an activating group) is 1. The molecule has 0 fully saturated rings. The number of hydrogen-bond donors (Lipinski definition) is 1. The van der Waals surface area contributed by atoms with Crippen molar-refractivity contribution in [2.75, 3.05) is 7.05 Å². The number of carboxylic acid groups (broad SMARTS) is 1. The maximum atomic E-state index is 12.4. The van der Waals surface area contributed by atoms with Crippen molar-refractivity contribution in [2.24, 2.45) is 0 Å². The number of nitrogens with zero attached hydrogens (tertiary/aromatic N) is 1. The van der Waals surface area contributed by atoms with Crippen molar-refractivity contribution < 1.29 is 19.4 Å². The summed E-state index contributed by atoms with van der Waals surface area (Å²) in [7, 11) is 1.76. The van der Waals surface area contributed by atoms with E-state index in [1.165, 1.54) is 11.3 Å². The van der Waals surface area contributed by atoms with E-state index < -0.39 is 11.6 Å². The van der Waals surface area contributed by atoms with Gasteiger partial charge in [-0.2, -0.15) is 0 Å². The maximum Gasteiger partial charge on any atom is 0.410 e. The highest BCUT2D eigenvalue weighted by Crippen LogP contribution is 2.40. The van der Waals surface area contributed by atoms with E-state index in [-0.39, 0.29) is 11.6 Å². The van der Waals surface area contributed by atoms with Crippen LogP contribution in [-0.2, 0) is 17.6 Å². The van der Waals surface area contributed by atoms with E-state index in [9.17, 15) is 14.7 Å². The Hall–Kier alpha value is -1.56. The minimum atomic E-state index is -0.871. The number of aromatic carboxylic acids is 1. The summed E-state index contributed by atoms with van der Waals surface area (Å²) in [4.78, 5) is 26.9. The van der Waals surface area contributed by atoms with Crippen LogP contribution in [-0.4, -0.2) is 40.3 Å². The molecule has 0 radical (unpaired) electrons. The van der Waals surface area contributed by atoms with Gasteiger partial charge in [0.05, 0.1) is 0 Å². The molecule has 1 unspecified atom stereocenters. The monoisotopic (exact) mass is 339 g/mol. The van der Waals surface area contributed by atoms with E-state index in [2.05, 4.69) is 0 Å². The predicted octanol–water partition coefficient (Wildman–Crippen LogP) is 3.87. The van der Waals surface area contributed by atoms with Gasteiger partial charge in [0.1, 0.15) is 10.5 Å². The summed E-state index contributed by atoms with van der Waals surface area (Å²) in [6, 6.07) is 0. The number of hydrogen-bond acceptors (Lipinski definition) is 4. The van der Waals surface area contributed by atoms with Crippen LogP contribution < -0.4 is 0 Å². The highest BCUT2D eigenvalue weighted by molar-refractivity contribution is 7.14. The lowest BCUT2D eigenvalue weighted by atomic mass is 9.80. The zero-order valence-electron chi connectivity index (χ0n) is 14.6. The first-order chi connectivity index (χ1) is 10.4. The van der Waals surface area contributed by atoms with E-state index in [0.29, 0.717) is 11.3 Å². The Morgan fingerprint density at radius 3 is 2.48 bits per heavy atom. The van der Waals surface area contributed by atoms with E-state index in [1.54, 1.807) is 11.9 Å². The minimum Gasteiger partial charge on any atom is -0.477 e. The van der Waals surface area contributed by atoms with Crippen molar-refractivity contribution >= 4 is 23.4 Å². The molecule has 1 heterocycles. The van der Waals surface area contributed by atoms with E-state index in [4.69, 9.17) is 4.74 Å². The molecule has 1 aliphatic carbocycles. The van der Waals surface area contributed by atoms with Crippen molar-refractivity contribution in [3.8, 4) is 0 Å². The third-order valence-electron chi connectivity index (χ3n) is 4.47. The summed E-state index contributed by atoms with van der Waals surface area (Å²) in [5.41, 5.74) is 1.02. The second kappa shape index (κ2) is 5.82. The number of carbonyl (C=O) groups is 2. The smallest absolute Gasteiger partial charge is 0.410 e. The maximum absolute atomic E-state index is 12.4. The van der Waals surface area contributed by atoms with Gasteiger partial charge < -0.3 is 14.7 Å². The van der Waals surface area contributed by atoms with Gasteiger partial charge in [0.25, 0.3) is 0 Å². The summed E-state index contributed by atoms with van der Waals surface area (Å²) < 4.78 is 5.48. The van der Waals surface area contributed by atoms with Gasteiger partial charge in [-0.05, 0) is 65.0 Å².